The van der Waals surface area contributed by atoms with Crippen LogP contribution in [0.15, 0.2) is 47.4 Å². The van der Waals surface area contributed by atoms with Crippen LogP contribution in [-0.2, 0) is 6.54 Å². The minimum absolute atomic E-state index is 0.203. The molecule has 1 N–H and O–H groups in total. The molecule has 0 spiro atoms. The molecule has 144 valence electrons. The molecule has 2 aromatic rings. The molecule has 0 aliphatic heterocycles. The van der Waals surface area contributed by atoms with Gasteiger partial charge < -0.3 is 9.88 Å². The molecule has 1 amide bonds. The first kappa shape index (κ1) is 19.4. The average molecular weight is 367 g/mol. The molecule has 3 rings (SSSR count). The van der Waals surface area contributed by atoms with E-state index in [1.807, 2.05) is 25.1 Å². The van der Waals surface area contributed by atoms with Crippen molar-refractivity contribution in [2.75, 3.05) is 0 Å². The summed E-state index contributed by atoms with van der Waals surface area (Å²) in [5, 5.41) is 3.14. The Morgan fingerprint density at radius 1 is 1.22 bits per heavy atom. The van der Waals surface area contributed by atoms with Gasteiger partial charge in [0, 0.05) is 12.2 Å². The molecule has 4 heteroatoms. The van der Waals surface area contributed by atoms with Gasteiger partial charge in [-0.1, -0.05) is 56.0 Å². The number of unbranched alkanes of at least 4 members (excludes halogenated alkanes) is 1. The van der Waals surface area contributed by atoms with Gasteiger partial charge in [-0.25, -0.2) is 0 Å². The van der Waals surface area contributed by atoms with Crippen LogP contribution in [-0.4, -0.2) is 16.5 Å². The van der Waals surface area contributed by atoms with Crippen molar-refractivity contribution < 1.29 is 4.79 Å². The molecular formula is C23H30N2O2. The van der Waals surface area contributed by atoms with E-state index in [9.17, 15) is 9.59 Å². The number of benzene rings is 1. The lowest BCUT2D eigenvalue weighted by atomic mass is 9.96. The quantitative estimate of drug-likeness (QED) is 0.794. The van der Waals surface area contributed by atoms with E-state index in [-0.39, 0.29) is 23.1 Å². The highest BCUT2D eigenvalue weighted by Crippen LogP contribution is 2.30. The van der Waals surface area contributed by atoms with Gasteiger partial charge in [-0.15, -0.1) is 0 Å². The SMILES string of the molecule is CCCCC1CCCC1NC(=O)c1cccn(Cc2cccc(C)c2)c1=O. The molecular weight excluding hydrogens is 336 g/mol. The highest BCUT2D eigenvalue weighted by atomic mass is 16.2. The largest absolute Gasteiger partial charge is 0.349 e. The lowest BCUT2D eigenvalue weighted by Crippen LogP contribution is -2.40. The van der Waals surface area contributed by atoms with Gasteiger partial charge in [-0.05, 0) is 49.8 Å². The van der Waals surface area contributed by atoms with Crippen molar-refractivity contribution in [1.29, 1.82) is 0 Å². The predicted octanol–water partition coefficient (Wildman–Crippen LogP) is 4.29. The van der Waals surface area contributed by atoms with E-state index < -0.39 is 0 Å². The zero-order valence-electron chi connectivity index (χ0n) is 16.4. The Kier molecular flexibility index (Phi) is 6.49. The van der Waals surface area contributed by atoms with E-state index in [1.165, 1.54) is 19.3 Å². The second-order valence-corrected chi connectivity index (χ2v) is 7.76. The number of carbonyl (C=O) groups excluding carboxylic acids is 1. The van der Waals surface area contributed by atoms with Crippen LogP contribution in [0.5, 0.6) is 0 Å². The van der Waals surface area contributed by atoms with Gasteiger partial charge in [-0.3, -0.25) is 9.59 Å². The third-order valence-corrected chi connectivity index (χ3v) is 5.60. The fourth-order valence-corrected chi connectivity index (χ4v) is 4.13. The first-order valence-electron chi connectivity index (χ1n) is 10.1. The summed E-state index contributed by atoms with van der Waals surface area (Å²) in [6, 6.07) is 11.7. The lowest BCUT2D eigenvalue weighted by molar-refractivity contribution is 0.0924. The van der Waals surface area contributed by atoms with Crippen molar-refractivity contribution in [2.24, 2.45) is 5.92 Å². The molecule has 27 heavy (non-hydrogen) atoms. The number of nitrogens with one attached hydrogen (secondary N) is 1. The second-order valence-electron chi connectivity index (χ2n) is 7.76. The summed E-state index contributed by atoms with van der Waals surface area (Å²) in [6.45, 7) is 4.71. The fourth-order valence-electron chi connectivity index (χ4n) is 4.13. The van der Waals surface area contributed by atoms with Crippen molar-refractivity contribution in [3.8, 4) is 0 Å². The number of hydrogen-bond donors (Lipinski definition) is 1. The van der Waals surface area contributed by atoms with Crippen LogP contribution in [0.25, 0.3) is 0 Å². The predicted molar refractivity (Wildman–Crippen MR) is 109 cm³/mol. The summed E-state index contributed by atoms with van der Waals surface area (Å²) in [4.78, 5) is 25.6. The summed E-state index contributed by atoms with van der Waals surface area (Å²) in [7, 11) is 0. The molecule has 1 aromatic heterocycles. The number of hydrogen-bond acceptors (Lipinski definition) is 2. The number of pyridine rings is 1. The van der Waals surface area contributed by atoms with Gasteiger partial charge in [0.05, 0.1) is 6.54 Å². The number of aryl methyl sites for hydroxylation is 1. The maximum atomic E-state index is 12.8. The number of aromatic nitrogens is 1. The number of nitrogens with zero attached hydrogens (tertiary/aromatic N) is 1. The molecule has 2 atom stereocenters. The molecule has 1 aliphatic carbocycles. The van der Waals surface area contributed by atoms with E-state index in [1.54, 1.807) is 22.9 Å². The molecule has 2 unspecified atom stereocenters. The Hall–Kier alpha value is -2.36. The van der Waals surface area contributed by atoms with E-state index in [2.05, 4.69) is 18.3 Å². The van der Waals surface area contributed by atoms with Crippen LogP contribution in [0.1, 0.15) is 66.9 Å². The highest BCUT2D eigenvalue weighted by Gasteiger charge is 2.28. The first-order chi connectivity index (χ1) is 13.1. The Morgan fingerprint density at radius 3 is 2.85 bits per heavy atom. The monoisotopic (exact) mass is 366 g/mol. The van der Waals surface area contributed by atoms with Gasteiger partial charge in [-0.2, -0.15) is 0 Å². The van der Waals surface area contributed by atoms with Gasteiger partial charge >= 0.3 is 0 Å². The number of amides is 1. The normalized spacial score (nSPS) is 19.2. The molecule has 4 nitrogen and oxygen atoms in total. The molecule has 1 aliphatic rings. The Balaban J connectivity index is 1.73. The summed E-state index contributed by atoms with van der Waals surface area (Å²) >= 11 is 0. The van der Waals surface area contributed by atoms with Crippen LogP contribution in [0.4, 0.5) is 0 Å². The molecule has 1 aromatic carbocycles. The van der Waals surface area contributed by atoms with Gasteiger partial charge in [0.2, 0.25) is 0 Å². The Labute approximate surface area is 161 Å². The van der Waals surface area contributed by atoms with Crippen molar-refractivity contribution in [1.82, 2.24) is 9.88 Å². The lowest BCUT2D eigenvalue weighted by Gasteiger charge is -2.21. The summed E-state index contributed by atoms with van der Waals surface area (Å²) in [5.74, 6) is 0.319. The maximum Gasteiger partial charge on any atom is 0.263 e. The van der Waals surface area contributed by atoms with Crippen LogP contribution in [0.2, 0.25) is 0 Å². The third kappa shape index (κ3) is 4.88. The fraction of sp³-hybridized carbons (Fsp3) is 0.478. The minimum atomic E-state index is -0.230. The van der Waals surface area contributed by atoms with Gasteiger partial charge in [0.15, 0.2) is 0 Å². The summed E-state index contributed by atoms with van der Waals surface area (Å²) in [6.07, 6.45) is 8.65. The maximum absolute atomic E-state index is 12.8. The molecule has 1 saturated carbocycles. The van der Waals surface area contributed by atoms with Crippen molar-refractivity contribution in [3.05, 3.63) is 69.6 Å². The van der Waals surface area contributed by atoms with Gasteiger partial charge in [0.25, 0.3) is 11.5 Å². The van der Waals surface area contributed by atoms with Crippen molar-refractivity contribution >= 4 is 5.91 Å². The van der Waals surface area contributed by atoms with E-state index in [0.29, 0.717) is 12.5 Å². The minimum Gasteiger partial charge on any atom is -0.349 e. The zero-order chi connectivity index (χ0) is 19.2. The van der Waals surface area contributed by atoms with Crippen LogP contribution in [0.3, 0.4) is 0 Å². The second kappa shape index (κ2) is 9.03. The Bertz CT molecular complexity index is 840. The van der Waals surface area contributed by atoms with E-state index >= 15 is 0 Å². The summed E-state index contributed by atoms with van der Waals surface area (Å²) in [5.41, 5.74) is 2.24. The molecule has 1 fully saturated rings. The number of carbonyl (C=O) groups is 1. The highest BCUT2D eigenvalue weighted by molar-refractivity contribution is 5.94. The topological polar surface area (TPSA) is 51.1 Å². The molecule has 0 saturated heterocycles. The molecule has 0 radical (unpaired) electrons. The van der Waals surface area contributed by atoms with Crippen molar-refractivity contribution in [2.45, 2.75) is 65.0 Å². The standard InChI is InChI=1S/C23H30N2O2/c1-3-4-10-19-11-6-13-21(19)24-22(26)20-12-7-14-25(23(20)27)16-18-9-5-8-17(2)15-18/h5,7-9,12,14-15,19,21H,3-4,6,10-11,13,16H2,1-2H3,(H,24,26). The van der Waals surface area contributed by atoms with Crippen LogP contribution < -0.4 is 10.9 Å². The first-order valence-corrected chi connectivity index (χ1v) is 10.1. The van der Waals surface area contributed by atoms with Crippen LogP contribution in [0, 0.1) is 12.8 Å². The van der Waals surface area contributed by atoms with Gasteiger partial charge in [0.1, 0.15) is 5.56 Å². The van der Waals surface area contributed by atoms with Crippen molar-refractivity contribution in [3.63, 3.8) is 0 Å². The number of rotatable bonds is 7. The molecule has 1 heterocycles. The average Bonchev–Trinajstić information content (AvgIpc) is 3.08. The zero-order valence-corrected chi connectivity index (χ0v) is 16.4. The van der Waals surface area contributed by atoms with Crippen LogP contribution >= 0.6 is 0 Å². The molecule has 0 bridgehead atoms. The summed E-state index contributed by atoms with van der Waals surface area (Å²) < 4.78 is 1.62. The van der Waals surface area contributed by atoms with E-state index in [0.717, 1.165) is 30.4 Å². The third-order valence-electron chi connectivity index (χ3n) is 5.60. The van der Waals surface area contributed by atoms with E-state index in [4.69, 9.17) is 0 Å². The Morgan fingerprint density at radius 2 is 2.07 bits per heavy atom. The smallest absolute Gasteiger partial charge is 0.263 e.